The lowest BCUT2D eigenvalue weighted by molar-refractivity contribution is 0.0528. The quantitative estimate of drug-likeness (QED) is 0.396. The predicted molar refractivity (Wildman–Crippen MR) is 127 cm³/mol. The van der Waals surface area contributed by atoms with Crippen LogP contribution in [-0.4, -0.2) is 76.6 Å². The summed E-state index contributed by atoms with van der Waals surface area (Å²) in [6, 6.07) is 10.8. The smallest absolute Gasteiger partial charge is 0.196 e. The van der Waals surface area contributed by atoms with Crippen molar-refractivity contribution in [2.24, 2.45) is 0 Å². The van der Waals surface area contributed by atoms with Crippen LogP contribution in [0, 0.1) is 0 Å². The standard InChI is InChI=1S/C25H33N3O4/c1-4-31-16-17-32-15-7-12-26-20-10-5-8-18-22(20)24(29)19-9-6-11-21(23(19)25(18)30)27-13-14-28(2)3/h5-6,8-11,26-27H,4,7,12-17H2,1-3H3. The summed E-state index contributed by atoms with van der Waals surface area (Å²) in [4.78, 5) is 28.8. The van der Waals surface area contributed by atoms with Crippen LogP contribution in [0.25, 0.3) is 0 Å². The Kier molecular flexibility index (Phi) is 8.79. The second kappa shape index (κ2) is 11.8. The topological polar surface area (TPSA) is 79.9 Å². The van der Waals surface area contributed by atoms with Crippen molar-refractivity contribution in [1.82, 2.24) is 4.90 Å². The Balaban J connectivity index is 1.70. The lowest BCUT2D eigenvalue weighted by atomic mass is 9.82. The number of rotatable bonds is 13. The third kappa shape index (κ3) is 5.73. The molecule has 0 fully saturated rings. The number of ketones is 2. The zero-order valence-electron chi connectivity index (χ0n) is 19.2. The fraction of sp³-hybridized carbons (Fsp3) is 0.440. The van der Waals surface area contributed by atoms with Gasteiger partial charge in [-0.1, -0.05) is 24.3 Å². The normalized spacial score (nSPS) is 12.6. The molecule has 0 spiro atoms. The molecular weight excluding hydrogens is 406 g/mol. The number of hydrogen-bond acceptors (Lipinski definition) is 7. The number of ether oxygens (including phenoxy) is 2. The summed E-state index contributed by atoms with van der Waals surface area (Å²) < 4.78 is 10.8. The van der Waals surface area contributed by atoms with E-state index < -0.39 is 0 Å². The van der Waals surface area contributed by atoms with Crippen LogP contribution in [-0.2, 0) is 9.47 Å². The summed E-state index contributed by atoms with van der Waals surface area (Å²) in [5.74, 6) is -0.243. The van der Waals surface area contributed by atoms with Gasteiger partial charge in [0, 0.05) is 55.3 Å². The van der Waals surface area contributed by atoms with Crippen molar-refractivity contribution < 1.29 is 19.1 Å². The van der Waals surface area contributed by atoms with E-state index in [9.17, 15) is 9.59 Å². The van der Waals surface area contributed by atoms with Gasteiger partial charge in [0.05, 0.1) is 24.3 Å². The van der Waals surface area contributed by atoms with Gasteiger partial charge in [-0.2, -0.15) is 0 Å². The summed E-state index contributed by atoms with van der Waals surface area (Å²) >= 11 is 0. The Hall–Kier alpha value is -2.74. The number of nitrogens with zero attached hydrogens (tertiary/aromatic N) is 1. The number of fused-ring (bicyclic) bond motifs is 2. The first kappa shape index (κ1) is 23.9. The van der Waals surface area contributed by atoms with Gasteiger partial charge in [0.2, 0.25) is 0 Å². The maximum Gasteiger partial charge on any atom is 0.196 e. The summed E-state index contributed by atoms with van der Waals surface area (Å²) in [6.45, 7) is 6.57. The second-order valence-electron chi connectivity index (χ2n) is 7.93. The molecule has 0 atom stereocenters. The first-order valence-electron chi connectivity index (χ1n) is 11.2. The molecule has 2 N–H and O–H groups in total. The Morgan fingerprint density at radius 1 is 0.781 bits per heavy atom. The molecular formula is C25H33N3O4. The molecule has 7 nitrogen and oxygen atoms in total. The van der Waals surface area contributed by atoms with E-state index in [1.807, 2.05) is 45.3 Å². The minimum Gasteiger partial charge on any atom is -0.384 e. The molecule has 0 bridgehead atoms. The van der Waals surface area contributed by atoms with Crippen LogP contribution in [0.15, 0.2) is 36.4 Å². The van der Waals surface area contributed by atoms with Crippen LogP contribution in [0.1, 0.15) is 45.2 Å². The van der Waals surface area contributed by atoms with Gasteiger partial charge < -0.3 is 25.0 Å². The van der Waals surface area contributed by atoms with Crippen LogP contribution in [0.4, 0.5) is 11.4 Å². The molecule has 0 saturated heterocycles. The van der Waals surface area contributed by atoms with Crippen molar-refractivity contribution in [3.8, 4) is 0 Å². The monoisotopic (exact) mass is 439 g/mol. The van der Waals surface area contributed by atoms with Crippen molar-refractivity contribution in [2.75, 3.05) is 70.8 Å². The predicted octanol–water partition coefficient (Wildman–Crippen LogP) is 3.29. The minimum absolute atomic E-state index is 0.120. The number of anilines is 2. The van der Waals surface area contributed by atoms with Gasteiger partial charge in [-0.15, -0.1) is 0 Å². The second-order valence-corrected chi connectivity index (χ2v) is 7.93. The van der Waals surface area contributed by atoms with E-state index >= 15 is 0 Å². The van der Waals surface area contributed by atoms with Crippen LogP contribution in [0.3, 0.4) is 0 Å². The Morgan fingerprint density at radius 3 is 1.91 bits per heavy atom. The molecule has 7 heteroatoms. The van der Waals surface area contributed by atoms with E-state index in [0.717, 1.165) is 13.0 Å². The van der Waals surface area contributed by atoms with Gasteiger partial charge in [0.25, 0.3) is 0 Å². The van der Waals surface area contributed by atoms with E-state index in [2.05, 4.69) is 15.5 Å². The van der Waals surface area contributed by atoms with E-state index in [-0.39, 0.29) is 11.6 Å². The van der Waals surface area contributed by atoms with Crippen molar-refractivity contribution in [1.29, 1.82) is 0 Å². The Bertz CT molecular complexity index is 943. The summed E-state index contributed by atoms with van der Waals surface area (Å²) in [5, 5.41) is 6.63. The minimum atomic E-state index is -0.123. The number of nitrogens with one attached hydrogen (secondary N) is 2. The Labute approximate surface area is 190 Å². The molecule has 0 aromatic heterocycles. The molecule has 1 aliphatic rings. The number of carbonyl (C=O) groups excluding carboxylic acids is 2. The number of carbonyl (C=O) groups is 2. The van der Waals surface area contributed by atoms with Crippen LogP contribution >= 0.6 is 0 Å². The highest BCUT2D eigenvalue weighted by Gasteiger charge is 2.33. The molecule has 3 rings (SSSR count). The van der Waals surface area contributed by atoms with Crippen molar-refractivity contribution >= 4 is 22.9 Å². The molecule has 0 heterocycles. The first-order chi connectivity index (χ1) is 15.5. The molecule has 0 amide bonds. The fourth-order valence-electron chi connectivity index (χ4n) is 3.71. The lowest BCUT2D eigenvalue weighted by Gasteiger charge is -2.23. The molecule has 0 radical (unpaired) electrons. The van der Waals surface area contributed by atoms with Crippen molar-refractivity contribution in [3.63, 3.8) is 0 Å². The number of benzene rings is 2. The molecule has 1 aliphatic carbocycles. The third-order valence-corrected chi connectivity index (χ3v) is 5.30. The van der Waals surface area contributed by atoms with E-state index in [1.54, 1.807) is 12.1 Å². The molecule has 32 heavy (non-hydrogen) atoms. The summed E-state index contributed by atoms with van der Waals surface area (Å²) in [7, 11) is 3.99. The molecule has 0 unspecified atom stereocenters. The van der Waals surface area contributed by atoms with E-state index in [1.165, 1.54) is 0 Å². The zero-order chi connectivity index (χ0) is 22.9. The van der Waals surface area contributed by atoms with Crippen molar-refractivity contribution in [3.05, 3.63) is 58.7 Å². The van der Waals surface area contributed by atoms with Crippen LogP contribution in [0.5, 0.6) is 0 Å². The van der Waals surface area contributed by atoms with Crippen molar-refractivity contribution in [2.45, 2.75) is 13.3 Å². The first-order valence-corrected chi connectivity index (χ1v) is 11.2. The fourth-order valence-corrected chi connectivity index (χ4v) is 3.71. The summed E-state index contributed by atoms with van der Waals surface area (Å²) in [6.07, 6.45) is 0.786. The van der Waals surface area contributed by atoms with Gasteiger partial charge in [-0.05, 0) is 39.6 Å². The number of likely N-dealkylation sites (N-methyl/N-ethyl adjacent to an activating group) is 1. The van der Waals surface area contributed by atoms with E-state index in [4.69, 9.17) is 9.47 Å². The molecule has 0 aliphatic heterocycles. The SMILES string of the molecule is CCOCCOCCCNc1cccc2c1C(=O)c1cccc(NCCN(C)C)c1C2=O. The van der Waals surface area contributed by atoms with Crippen LogP contribution in [0.2, 0.25) is 0 Å². The highest BCUT2D eigenvalue weighted by Crippen LogP contribution is 2.35. The zero-order valence-corrected chi connectivity index (χ0v) is 19.2. The summed E-state index contributed by atoms with van der Waals surface area (Å²) in [5.41, 5.74) is 3.20. The maximum absolute atomic E-state index is 13.4. The largest absolute Gasteiger partial charge is 0.384 e. The Morgan fingerprint density at radius 2 is 1.34 bits per heavy atom. The van der Waals surface area contributed by atoms with Gasteiger partial charge in [-0.3, -0.25) is 9.59 Å². The molecule has 172 valence electrons. The van der Waals surface area contributed by atoms with Gasteiger partial charge in [-0.25, -0.2) is 0 Å². The van der Waals surface area contributed by atoms with Gasteiger partial charge in [0.1, 0.15) is 0 Å². The third-order valence-electron chi connectivity index (χ3n) is 5.30. The highest BCUT2D eigenvalue weighted by atomic mass is 16.5. The van der Waals surface area contributed by atoms with E-state index in [0.29, 0.717) is 73.1 Å². The van der Waals surface area contributed by atoms with Gasteiger partial charge >= 0.3 is 0 Å². The van der Waals surface area contributed by atoms with Crippen LogP contribution < -0.4 is 10.6 Å². The lowest BCUT2D eigenvalue weighted by Crippen LogP contribution is -2.26. The molecule has 0 saturated carbocycles. The van der Waals surface area contributed by atoms with Gasteiger partial charge in [0.15, 0.2) is 11.6 Å². The average molecular weight is 440 g/mol. The number of hydrogen-bond donors (Lipinski definition) is 2. The highest BCUT2D eigenvalue weighted by molar-refractivity contribution is 6.31. The molecule has 2 aromatic carbocycles. The molecule has 2 aromatic rings. The average Bonchev–Trinajstić information content (AvgIpc) is 2.78. The maximum atomic E-state index is 13.4.